The summed E-state index contributed by atoms with van der Waals surface area (Å²) < 4.78 is 2.18. The number of nitrogens with zero attached hydrogens (tertiary/aromatic N) is 3. The number of rotatable bonds is 5. The first-order chi connectivity index (χ1) is 6.75. The molecule has 1 saturated carbocycles. The molecule has 1 N–H and O–H groups in total. The number of aromatic nitrogens is 2. The highest BCUT2D eigenvalue weighted by Crippen LogP contribution is 2.23. The summed E-state index contributed by atoms with van der Waals surface area (Å²) >= 11 is 0. The first kappa shape index (κ1) is 9.52. The van der Waals surface area contributed by atoms with Crippen molar-refractivity contribution in [3.8, 4) is 0 Å². The minimum absolute atomic E-state index is 0.676. The Morgan fingerprint density at radius 3 is 3.00 bits per heavy atom. The molecule has 0 unspecified atom stereocenters. The van der Waals surface area contributed by atoms with E-state index >= 15 is 0 Å². The Morgan fingerprint density at radius 1 is 1.57 bits per heavy atom. The Labute approximate surface area is 84.9 Å². The molecule has 0 atom stereocenters. The number of nitrogens with one attached hydrogen (secondary N) is 1. The van der Waals surface area contributed by atoms with Crippen LogP contribution in [0, 0.1) is 0 Å². The fourth-order valence-corrected chi connectivity index (χ4v) is 1.35. The second kappa shape index (κ2) is 4.00. The Kier molecular flexibility index (Phi) is 2.72. The largest absolute Gasteiger partial charge is 0.353 e. The zero-order valence-corrected chi connectivity index (χ0v) is 8.90. The Hall–Kier alpha value is -1.03. The van der Waals surface area contributed by atoms with Gasteiger partial charge in [0, 0.05) is 31.5 Å². The summed E-state index contributed by atoms with van der Waals surface area (Å²) in [6.07, 6.45) is 6.48. The van der Waals surface area contributed by atoms with Gasteiger partial charge in [0.2, 0.25) is 5.95 Å². The molecule has 0 aromatic carbocycles. The molecule has 0 amide bonds. The van der Waals surface area contributed by atoms with Crippen LogP contribution in [0.2, 0.25) is 0 Å². The van der Waals surface area contributed by atoms with Crippen molar-refractivity contribution in [1.82, 2.24) is 14.5 Å². The molecule has 1 aliphatic rings. The predicted molar refractivity (Wildman–Crippen MR) is 57.4 cm³/mol. The maximum atomic E-state index is 4.31. The highest BCUT2D eigenvalue weighted by molar-refractivity contribution is 5.29. The third kappa shape index (κ3) is 2.48. The van der Waals surface area contributed by atoms with Crippen molar-refractivity contribution in [3.63, 3.8) is 0 Å². The van der Waals surface area contributed by atoms with E-state index in [9.17, 15) is 0 Å². The number of likely N-dealkylation sites (N-methyl/N-ethyl adjacent to an activating group) is 1. The molecular weight excluding hydrogens is 176 g/mol. The molecule has 78 valence electrons. The van der Waals surface area contributed by atoms with Gasteiger partial charge in [0.1, 0.15) is 0 Å². The zero-order valence-electron chi connectivity index (χ0n) is 8.90. The fraction of sp³-hybridized carbons (Fsp3) is 0.700. The van der Waals surface area contributed by atoms with E-state index in [0.29, 0.717) is 6.04 Å². The highest BCUT2D eigenvalue weighted by atomic mass is 15.2. The average Bonchev–Trinajstić information content (AvgIpc) is 2.81. The molecule has 0 saturated heterocycles. The van der Waals surface area contributed by atoms with Gasteiger partial charge in [0.15, 0.2) is 0 Å². The van der Waals surface area contributed by atoms with Crippen molar-refractivity contribution in [2.45, 2.75) is 25.4 Å². The topological polar surface area (TPSA) is 33.1 Å². The first-order valence-corrected chi connectivity index (χ1v) is 5.18. The van der Waals surface area contributed by atoms with Crippen LogP contribution in [-0.2, 0) is 6.54 Å². The van der Waals surface area contributed by atoms with E-state index in [4.69, 9.17) is 0 Å². The molecule has 1 heterocycles. The molecule has 0 aliphatic heterocycles. The summed E-state index contributed by atoms with van der Waals surface area (Å²) in [4.78, 5) is 6.49. The molecule has 1 fully saturated rings. The molecule has 14 heavy (non-hydrogen) atoms. The lowest BCUT2D eigenvalue weighted by atomic mass is 10.5. The molecule has 0 bridgehead atoms. The van der Waals surface area contributed by atoms with E-state index in [1.54, 1.807) is 0 Å². The van der Waals surface area contributed by atoms with Crippen molar-refractivity contribution in [1.29, 1.82) is 0 Å². The highest BCUT2D eigenvalue weighted by Gasteiger charge is 2.22. The number of hydrogen-bond donors (Lipinski definition) is 1. The van der Waals surface area contributed by atoms with Gasteiger partial charge in [-0.3, -0.25) is 0 Å². The van der Waals surface area contributed by atoms with Gasteiger partial charge < -0.3 is 14.8 Å². The molecule has 4 heteroatoms. The smallest absolute Gasteiger partial charge is 0.203 e. The van der Waals surface area contributed by atoms with Crippen molar-refractivity contribution >= 4 is 5.95 Å². The molecule has 4 nitrogen and oxygen atoms in total. The quantitative estimate of drug-likeness (QED) is 0.759. The van der Waals surface area contributed by atoms with Crippen molar-refractivity contribution in [3.05, 3.63) is 12.4 Å². The third-order valence-electron chi connectivity index (χ3n) is 2.41. The van der Waals surface area contributed by atoms with Gasteiger partial charge in [0.05, 0.1) is 0 Å². The van der Waals surface area contributed by atoms with Crippen LogP contribution in [0.1, 0.15) is 12.8 Å². The second-order valence-electron chi connectivity index (χ2n) is 4.17. The van der Waals surface area contributed by atoms with Crippen molar-refractivity contribution in [2.75, 3.05) is 26.0 Å². The van der Waals surface area contributed by atoms with Gasteiger partial charge >= 0.3 is 0 Å². The standard InChI is InChI=1S/C10H18N4/c1-13(2)7-8-14-6-5-11-10(14)12-9-3-4-9/h5-6,9H,3-4,7-8H2,1-2H3,(H,11,12). The normalized spacial score (nSPS) is 16.2. The third-order valence-corrected chi connectivity index (χ3v) is 2.41. The number of imidazole rings is 1. The van der Waals surface area contributed by atoms with E-state index in [-0.39, 0.29) is 0 Å². The summed E-state index contributed by atoms with van der Waals surface area (Å²) in [6, 6.07) is 0.676. The van der Waals surface area contributed by atoms with Crippen LogP contribution < -0.4 is 5.32 Å². The average molecular weight is 194 g/mol. The second-order valence-corrected chi connectivity index (χ2v) is 4.17. The van der Waals surface area contributed by atoms with E-state index in [1.807, 2.05) is 12.4 Å². The number of hydrogen-bond acceptors (Lipinski definition) is 3. The fourth-order valence-electron chi connectivity index (χ4n) is 1.35. The molecule has 1 aromatic rings. The van der Waals surface area contributed by atoms with Crippen LogP contribution in [0.3, 0.4) is 0 Å². The molecule has 2 rings (SSSR count). The van der Waals surface area contributed by atoms with E-state index in [1.165, 1.54) is 12.8 Å². The summed E-state index contributed by atoms with van der Waals surface area (Å²) in [7, 11) is 4.18. The Morgan fingerprint density at radius 2 is 2.36 bits per heavy atom. The van der Waals surface area contributed by atoms with Gasteiger partial charge in [-0.2, -0.15) is 0 Å². The molecule has 0 radical (unpaired) electrons. The number of anilines is 1. The predicted octanol–water partition coefficient (Wildman–Crippen LogP) is 1.02. The van der Waals surface area contributed by atoms with Crippen LogP contribution >= 0.6 is 0 Å². The zero-order chi connectivity index (χ0) is 9.97. The lowest BCUT2D eigenvalue weighted by Crippen LogP contribution is -2.19. The van der Waals surface area contributed by atoms with Gasteiger partial charge in [-0.15, -0.1) is 0 Å². The Bertz CT molecular complexity index is 288. The van der Waals surface area contributed by atoms with Crippen LogP contribution in [0.25, 0.3) is 0 Å². The molecule has 0 spiro atoms. The molecule has 1 aromatic heterocycles. The Balaban J connectivity index is 1.90. The lowest BCUT2D eigenvalue weighted by Gasteiger charge is -2.12. The van der Waals surface area contributed by atoms with E-state index in [2.05, 4.69) is 33.9 Å². The van der Waals surface area contributed by atoms with Crippen molar-refractivity contribution < 1.29 is 0 Å². The van der Waals surface area contributed by atoms with E-state index < -0.39 is 0 Å². The van der Waals surface area contributed by atoms with Gasteiger partial charge in [-0.1, -0.05) is 0 Å². The molecular formula is C10H18N4. The van der Waals surface area contributed by atoms with Gasteiger partial charge in [-0.25, -0.2) is 4.98 Å². The summed E-state index contributed by atoms with van der Waals surface area (Å²) in [5, 5.41) is 3.42. The van der Waals surface area contributed by atoms with Gasteiger partial charge in [-0.05, 0) is 26.9 Å². The summed E-state index contributed by atoms with van der Waals surface area (Å²) in [6.45, 7) is 2.05. The minimum atomic E-state index is 0.676. The SMILES string of the molecule is CN(C)CCn1ccnc1NC1CC1. The monoisotopic (exact) mass is 194 g/mol. The van der Waals surface area contributed by atoms with Crippen molar-refractivity contribution in [2.24, 2.45) is 0 Å². The van der Waals surface area contributed by atoms with Crippen LogP contribution in [0.4, 0.5) is 5.95 Å². The van der Waals surface area contributed by atoms with Crippen LogP contribution in [-0.4, -0.2) is 41.1 Å². The lowest BCUT2D eigenvalue weighted by molar-refractivity contribution is 0.385. The van der Waals surface area contributed by atoms with Gasteiger partial charge in [0.25, 0.3) is 0 Å². The maximum Gasteiger partial charge on any atom is 0.203 e. The van der Waals surface area contributed by atoms with Crippen LogP contribution in [0.5, 0.6) is 0 Å². The van der Waals surface area contributed by atoms with E-state index in [0.717, 1.165) is 19.0 Å². The minimum Gasteiger partial charge on any atom is -0.353 e. The molecule has 1 aliphatic carbocycles. The summed E-state index contributed by atoms with van der Waals surface area (Å²) in [5.41, 5.74) is 0. The first-order valence-electron chi connectivity index (χ1n) is 5.18. The maximum absolute atomic E-state index is 4.31. The van der Waals surface area contributed by atoms with Crippen LogP contribution in [0.15, 0.2) is 12.4 Å². The summed E-state index contributed by atoms with van der Waals surface area (Å²) in [5.74, 6) is 1.02.